The summed E-state index contributed by atoms with van der Waals surface area (Å²) in [6, 6.07) is 0. The van der Waals surface area contributed by atoms with Crippen molar-refractivity contribution in [2.24, 2.45) is 28.6 Å². The molecule has 0 aromatic carbocycles. The van der Waals surface area contributed by atoms with E-state index in [4.69, 9.17) is 0 Å². The molecule has 0 radical (unpaired) electrons. The number of fused-ring (bicyclic) bond motifs is 5. The Morgan fingerprint density at radius 3 is 2.88 bits per heavy atom. The zero-order valence-corrected chi connectivity index (χ0v) is 17.0. The average Bonchev–Trinajstić information content (AvgIpc) is 3.02. The largest absolute Gasteiger partial charge is 0.381 e. The molecule has 0 bridgehead atoms. The van der Waals surface area contributed by atoms with Crippen molar-refractivity contribution in [1.29, 1.82) is 0 Å². The third-order valence-electron chi connectivity index (χ3n) is 8.24. The summed E-state index contributed by atoms with van der Waals surface area (Å²) in [6.45, 7) is 2.52. The second-order valence-corrected chi connectivity index (χ2v) is 10.3. The molecule has 0 amide bonds. The number of Topliss-reactive ketones (excluding diaryl/α,β-unsaturated/α-hetero) is 1. The van der Waals surface area contributed by atoms with Crippen LogP contribution in [0.4, 0.5) is 0 Å². The predicted molar refractivity (Wildman–Crippen MR) is 108 cm³/mol. The lowest BCUT2D eigenvalue weighted by Crippen LogP contribution is -2.52. The fourth-order valence-corrected chi connectivity index (χ4v) is 7.27. The Balaban J connectivity index is 1.70. The van der Waals surface area contributed by atoms with Gasteiger partial charge in [-0.05, 0) is 74.0 Å². The first-order chi connectivity index (χ1) is 12.5. The van der Waals surface area contributed by atoms with Crippen LogP contribution in [-0.4, -0.2) is 29.0 Å². The van der Waals surface area contributed by atoms with Gasteiger partial charge in [0.15, 0.2) is 5.78 Å². The van der Waals surface area contributed by atoms with E-state index in [9.17, 15) is 9.90 Å². The quantitative estimate of drug-likeness (QED) is 0.568. The lowest BCUT2D eigenvalue weighted by Gasteiger charge is -2.58. The summed E-state index contributed by atoms with van der Waals surface area (Å²) < 4.78 is 0. The Kier molecular flexibility index (Phi) is 5.03. The van der Waals surface area contributed by atoms with Crippen LogP contribution in [0.5, 0.6) is 0 Å². The molecule has 3 heteroatoms. The normalized spacial score (nSPS) is 44.3. The van der Waals surface area contributed by atoms with E-state index in [2.05, 4.69) is 25.0 Å². The number of carbonyl (C=O) groups excluding carboxylic acids is 1. The monoisotopic (exact) mass is 372 g/mol. The molecule has 4 aliphatic rings. The first-order valence-electron chi connectivity index (χ1n) is 10.4. The molecule has 3 fully saturated rings. The first-order valence-corrected chi connectivity index (χ1v) is 11.8. The second-order valence-electron chi connectivity index (χ2n) is 9.40. The van der Waals surface area contributed by atoms with Gasteiger partial charge in [-0.1, -0.05) is 24.8 Å². The molecule has 3 saturated carbocycles. The minimum Gasteiger partial charge on any atom is -0.381 e. The average molecular weight is 373 g/mol. The number of aliphatic hydroxyl groups is 1. The third kappa shape index (κ3) is 2.89. The van der Waals surface area contributed by atoms with Gasteiger partial charge in [-0.2, -0.15) is 11.8 Å². The van der Waals surface area contributed by atoms with Gasteiger partial charge in [0, 0.05) is 18.3 Å². The number of hydrogen-bond acceptors (Lipinski definition) is 3. The van der Waals surface area contributed by atoms with Crippen LogP contribution in [0.1, 0.15) is 64.7 Å². The lowest BCUT2D eigenvalue weighted by atomic mass is 9.46. The molecule has 2 nitrogen and oxygen atoms in total. The van der Waals surface area contributed by atoms with Crippen LogP contribution in [0.3, 0.4) is 0 Å². The van der Waals surface area contributed by atoms with Crippen LogP contribution < -0.4 is 0 Å². The van der Waals surface area contributed by atoms with E-state index in [1.807, 2.05) is 6.08 Å². The smallest absolute Gasteiger partial charge is 0.166 e. The van der Waals surface area contributed by atoms with Crippen LogP contribution >= 0.6 is 11.8 Å². The molecule has 0 saturated heterocycles. The maximum atomic E-state index is 12.6. The van der Waals surface area contributed by atoms with Crippen LogP contribution in [-0.2, 0) is 4.79 Å². The fourth-order valence-electron chi connectivity index (χ4n) is 7.02. The number of hydrogen-bond donors (Lipinski definition) is 1. The zero-order chi connectivity index (χ0) is 18.4. The molecule has 0 aliphatic heterocycles. The highest BCUT2D eigenvalue weighted by atomic mass is 32.2. The molecule has 142 valence electrons. The van der Waals surface area contributed by atoms with Crippen molar-refractivity contribution in [3.8, 4) is 11.8 Å². The van der Waals surface area contributed by atoms with E-state index >= 15 is 0 Å². The van der Waals surface area contributed by atoms with E-state index in [0.717, 1.165) is 30.4 Å². The topological polar surface area (TPSA) is 37.3 Å². The number of allylic oxidation sites excluding steroid dienone is 1. The Labute approximate surface area is 162 Å². The van der Waals surface area contributed by atoms with Gasteiger partial charge in [0.1, 0.15) is 6.10 Å². The Hall–Kier alpha value is -0.720. The molecular weight excluding hydrogens is 340 g/mol. The summed E-state index contributed by atoms with van der Waals surface area (Å²) in [4.78, 5) is 12.6. The first kappa shape index (κ1) is 18.6. The minimum atomic E-state index is -0.880. The van der Waals surface area contributed by atoms with Gasteiger partial charge in [0.2, 0.25) is 0 Å². The predicted octanol–water partition coefficient (Wildman–Crippen LogP) is 4.62. The van der Waals surface area contributed by atoms with E-state index in [1.54, 1.807) is 11.8 Å². The Morgan fingerprint density at radius 1 is 1.23 bits per heavy atom. The van der Waals surface area contributed by atoms with E-state index in [1.165, 1.54) is 44.1 Å². The summed E-state index contributed by atoms with van der Waals surface area (Å²) in [5.74, 6) is 9.78. The molecule has 0 aromatic rings. The molecule has 26 heavy (non-hydrogen) atoms. The summed E-state index contributed by atoms with van der Waals surface area (Å²) in [5.41, 5.74) is 1.80. The SMILES string of the molecule is CSCC#CC[C@]12CC(=O)C(O)C=C1CC[C@@H]1[C@H]2CC[C@]2(C)CCC[C@@H]12. The van der Waals surface area contributed by atoms with Crippen LogP contribution in [0, 0.1) is 40.4 Å². The van der Waals surface area contributed by atoms with Crippen LogP contribution in [0.15, 0.2) is 11.6 Å². The standard InChI is InChI=1S/C23H32O2S/c1-22-10-5-6-18(22)17-8-7-16-14-20(24)21(25)15-23(16,19(17)9-12-22)11-3-4-13-26-2/h14,17-20,24H,5-13,15H2,1-2H3/t17-,18-,19+,20?,22-,23-/m0/s1. The molecule has 1 unspecified atom stereocenters. The molecule has 0 heterocycles. The third-order valence-corrected chi connectivity index (χ3v) is 8.67. The van der Waals surface area contributed by atoms with Gasteiger partial charge in [0.05, 0.1) is 5.75 Å². The van der Waals surface area contributed by atoms with Crippen LogP contribution in [0.2, 0.25) is 0 Å². The van der Waals surface area contributed by atoms with Crippen molar-refractivity contribution >= 4 is 17.5 Å². The van der Waals surface area contributed by atoms with Gasteiger partial charge in [-0.3, -0.25) is 4.79 Å². The highest BCUT2D eigenvalue weighted by Gasteiger charge is 2.58. The van der Waals surface area contributed by atoms with Crippen LogP contribution in [0.25, 0.3) is 0 Å². The summed E-state index contributed by atoms with van der Waals surface area (Å²) in [6.07, 6.45) is 13.4. The fraction of sp³-hybridized carbons (Fsp3) is 0.783. The number of thioether (sulfide) groups is 1. The zero-order valence-electron chi connectivity index (χ0n) is 16.2. The molecule has 0 aromatic heterocycles. The number of rotatable bonds is 2. The maximum Gasteiger partial charge on any atom is 0.166 e. The lowest BCUT2D eigenvalue weighted by molar-refractivity contribution is -0.132. The second kappa shape index (κ2) is 7.02. The maximum absolute atomic E-state index is 12.6. The highest BCUT2D eigenvalue weighted by molar-refractivity contribution is 7.98. The molecule has 6 atom stereocenters. The summed E-state index contributed by atoms with van der Waals surface area (Å²) in [5, 5.41) is 10.2. The molecule has 1 N–H and O–H groups in total. The molecule has 4 rings (SSSR count). The van der Waals surface area contributed by atoms with Crippen molar-refractivity contribution in [3.05, 3.63) is 11.6 Å². The van der Waals surface area contributed by atoms with Crippen molar-refractivity contribution in [3.63, 3.8) is 0 Å². The van der Waals surface area contributed by atoms with Gasteiger partial charge in [0.25, 0.3) is 0 Å². The molecule has 4 aliphatic carbocycles. The van der Waals surface area contributed by atoms with Crippen molar-refractivity contribution in [2.75, 3.05) is 12.0 Å². The highest BCUT2D eigenvalue weighted by Crippen LogP contribution is 2.66. The minimum absolute atomic E-state index is 0.0147. The van der Waals surface area contributed by atoms with Crippen molar-refractivity contribution in [2.45, 2.75) is 70.8 Å². The van der Waals surface area contributed by atoms with E-state index in [0.29, 0.717) is 17.8 Å². The van der Waals surface area contributed by atoms with Gasteiger partial charge in [-0.25, -0.2) is 0 Å². The Morgan fingerprint density at radius 2 is 2.08 bits per heavy atom. The van der Waals surface area contributed by atoms with Crippen molar-refractivity contribution in [1.82, 2.24) is 0 Å². The van der Waals surface area contributed by atoms with Gasteiger partial charge in [-0.15, -0.1) is 5.92 Å². The van der Waals surface area contributed by atoms with Gasteiger partial charge >= 0.3 is 0 Å². The Bertz CT molecular complexity index is 671. The van der Waals surface area contributed by atoms with Gasteiger partial charge < -0.3 is 5.11 Å². The van der Waals surface area contributed by atoms with E-state index < -0.39 is 6.10 Å². The van der Waals surface area contributed by atoms with E-state index in [-0.39, 0.29) is 11.2 Å². The number of carbonyl (C=O) groups is 1. The molecule has 0 spiro atoms. The summed E-state index contributed by atoms with van der Waals surface area (Å²) in [7, 11) is 0. The molecular formula is C23H32O2S. The number of ketones is 1. The summed E-state index contributed by atoms with van der Waals surface area (Å²) >= 11 is 1.76. The number of aliphatic hydroxyl groups excluding tert-OH is 1. The van der Waals surface area contributed by atoms with Crippen molar-refractivity contribution < 1.29 is 9.90 Å².